The maximum absolute atomic E-state index is 9.89. The first kappa shape index (κ1) is 10.5. The molecule has 0 atom stereocenters. The van der Waals surface area contributed by atoms with Crippen molar-refractivity contribution in [3.05, 3.63) is 0 Å². The topological polar surface area (TPSA) is 0 Å². The van der Waals surface area contributed by atoms with Gasteiger partial charge in [-0.3, -0.25) is 0 Å². The van der Waals surface area contributed by atoms with Gasteiger partial charge < -0.3 is 0 Å². The summed E-state index contributed by atoms with van der Waals surface area (Å²) in [6, 6.07) is 0. The predicted octanol–water partition coefficient (Wildman–Crippen LogP) is 1.83. The van der Waals surface area contributed by atoms with Crippen molar-refractivity contribution in [2.24, 2.45) is 0 Å². The van der Waals surface area contributed by atoms with Gasteiger partial charge in [0.1, 0.15) is 0 Å². The standard InChI is InChI=1S/AsF5.H2S/c2-1(3,4,5)6;/h;1H2. The summed E-state index contributed by atoms with van der Waals surface area (Å²) in [7, 11) is 0. The molecule has 0 aromatic rings. The smallest absolute Gasteiger partial charge is 0.197 e. The Hall–Kier alpha value is 0.558. The van der Waals surface area contributed by atoms with Gasteiger partial charge in [0.2, 0.25) is 0 Å². The summed E-state index contributed by atoms with van der Waals surface area (Å²) in [4.78, 5) is 0. The zero-order valence-corrected chi connectivity index (χ0v) is 5.71. The van der Waals surface area contributed by atoms with Gasteiger partial charge >= 0.3 is 32.1 Å². The van der Waals surface area contributed by atoms with Gasteiger partial charge in [-0.1, -0.05) is 0 Å². The summed E-state index contributed by atoms with van der Waals surface area (Å²) in [5.74, 6) is 0. The third-order valence-corrected chi connectivity index (χ3v) is 0. The van der Waals surface area contributed by atoms with Crippen molar-refractivity contribution >= 4 is 28.3 Å². The largest absolute Gasteiger partial charge is 0.197 e. The van der Waals surface area contributed by atoms with Crippen LogP contribution in [0.25, 0.3) is 0 Å². The Morgan fingerprint density at radius 3 is 0.714 bits per heavy atom. The van der Waals surface area contributed by atoms with Crippen molar-refractivity contribution in [3.8, 4) is 0 Å². The molecule has 0 N–H and O–H groups in total. The fourth-order valence-electron chi connectivity index (χ4n) is 0. The Kier molecular flexibility index (Phi) is 2.73. The monoisotopic (exact) mass is 204 g/mol. The van der Waals surface area contributed by atoms with Gasteiger partial charge in [-0.25, -0.2) is 0 Å². The van der Waals surface area contributed by atoms with E-state index < -0.39 is 14.8 Å². The Morgan fingerprint density at radius 1 is 0.714 bits per heavy atom. The second-order valence-corrected chi connectivity index (χ2v) is 3.32. The van der Waals surface area contributed by atoms with Crippen LogP contribution in [0.5, 0.6) is 0 Å². The summed E-state index contributed by atoms with van der Waals surface area (Å²) in [5, 5.41) is 0. The first-order chi connectivity index (χ1) is 2.24. The number of hydrogen-bond donors (Lipinski definition) is 0. The van der Waals surface area contributed by atoms with Crippen LogP contribution in [0.2, 0.25) is 0 Å². The van der Waals surface area contributed by atoms with Crippen LogP contribution in [0.3, 0.4) is 0 Å². The molecule has 0 saturated heterocycles. The molecule has 0 aliphatic carbocycles. The summed E-state index contributed by atoms with van der Waals surface area (Å²) in [5.41, 5.74) is 0. The molecule has 0 aromatic heterocycles. The minimum Gasteiger partial charge on any atom is -0.197 e. The Labute approximate surface area is 46.3 Å². The molecule has 0 aliphatic rings. The minimum absolute atomic E-state index is 0. The van der Waals surface area contributed by atoms with Crippen LogP contribution in [0.15, 0.2) is 0 Å². The van der Waals surface area contributed by atoms with Gasteiger partial charge in [0.25, 0.3) is 0 Å². The predicted molar refractivity (Wildman–Crippen MR) is 21.7 cm³/mol. The van der Waals surface area contributed by atoms with E-state index in [0.29, 0.717) is 0 Å². The normalized spacial score (nSPS) is 16.4. The Morgan fingerprint density at radius 2 is 0.714 bits per heavy atom. The molecule has 0 aliphatic heterocycles. The molecule has 0 nitrogen and oxygen atoms in total. The minimum atomic E-state index is -8.99. The zero-order chi connectivity index (χ0) is 5.45. The molecule has 0 bridgehead atoms. The van der Waals surface area contributed by atoms with Crippen LogP contribution in [0.1, 0.15) is 0 Å². The molecule has 0 rings (SSSR count). The van der Waals surface area contributed by atoms with Crippen molar-refractivity contribution in [2.75, 3.05) is 0 Å². The van der Waals surface area contributed by atoms with Crippen LogP contribution in [-0.4, -0.2) is 14.8 Å². The molecular weight excluding hydrogens is 202 g/mol. The molecule has 0 amide bonds. The molecule has 0 aromatic carbocycles. The molecular formula is H2AsF5S. The molecule has 0 unspecified atom stereocenters. The van der Waals surface area contributed by atoms with E-state index in [9.17, 15) is 17.3 Å². The van der Waals surface area contributed by atoms with Crippen molar-refractivity contribution in [1.82, 2.24) is 0 Å². The Bertz CT molecular complexity index is 41.3. The Balaban J connectivity index is 0. The average molecular weight is 204 g/mol. The van der Waals surface area contributed by atoms with E-state index in [4.69, 9.17) is 0 Å². The third-order valence-electron chi connectivity index (χ3n) is 0. The molecule has 7 heteroatoms. The van der Waals surface area contributed by atoms with Crippen LogP contribution < -0.4 is 0 Å². The molecule has 0 heterocycles. The molecule has 0 fully saturated rings. The van der Waals surface area contributed by atoms with Crippen LogP contribution in [-0.2, 0) is 0 Å². The van der Waals surface area contributed by atoms with Gasteiger partial charge in [-0.15, -0.1) is 0 Å². The average Bonchev–Trinajstić information content (AvgIpc) is 0.650. The fraction of sp³-hybridized carbons (Fsp3) is 0. The maximum Gasteiger partial charge on any atom is -0.197 e. The van der Waals surface area contributed by atoms with Crippen molar-refractivity contribution < 1.29 is 17.3 Å². The number of hydrogen-bond acceptors (Lipinski definition) is 0. The van der Waals surface area contributed by atoms with Crippen molar-refractivity contribution in [2.45, 2.75) is 0 Å². The van der Waals surface area contributed by atoms with E-state index in [1.807, 2.05) is 0 Å². The van der Waals surface area contributed by atoms with Gasteiger partial charge in [0.05, 0.1) is 0 Å². The van der Waals surface area contributed by atoms with Crippen molar-refractivity contribution in [1.29, 1.82) is 0 Å². The SMILES string of the molecule is F[As](F)(F)(F)F.S. The summed E-state index contributed by atoms with van der Waals surface area (Å²) in [6.45, 7) is 0. The zero-order valence-electron chi connectivity index (χ0n) is 2.84. The fourth-order valence-corrected chi connectivity index (χ4v) is 0. The van der Waals surface area contributed by atoms with Gasteiger partial charge in [0, 0.05) is 0 Å². The number of rotatable bonds is 0. The molecule has 0 radical (unpaired) electrons. The van der Waals surface area contributed by atoms with E-state index in [1.165, 1.54) is 0 Å². The third kappa shape index (κ3) is 437. The second-order valence-electron chi connectivity index (χ2n) is 0.639. The first-order valence-electron chi connectivity index (χ1n) is 0.845. The molecule has 48 valence electrons. The van der Waals surface area contributed by atoms with Crippen LogP contribution in [0, 0.1) is 0 Å². The second kappa shape index (κ2) is 1.82. The van der Waals surface area contributed by atoms with Crippen LogP contribution >= 0.6 is 13.5 Å². The molecule has 7 heavy (non-hydrogen) atoms. The summed E-state index contributed by atoms with van der Waals surface area (Å²) >= 11 is -8.99. The van der Waals surface area contributed by atoms with Crippen LogP contribution in [0.4, 0.5) is 17.3 Å². The maximum atomic E-state index is 9.89. The van der Waals surface area contributed by atoms with E-state index in [2.05, 4.69) is 0 Å². The van der Waals surface area contributed by atoms with E-state index in [1.54, 1.807) is 0 Å². The summed E-state index contributed by atoms with van der Waals surface area (Å²) in [6.07, 6.45) is 0. The van der Waals surface area contributed by atoms with Crippen molar-refractivity contribution in [3.63, 3.8) is 0 Å². The first-order valence-corrected chi connectivity index (χ1v) is 4.39. The summed E-state index contributed by atoms with van der Waals surface area (Å²) < 4.78 is 49.4. The van der Waals surface area contributed by atoms with E-state index >= 15 is 0 Å². The van der Waals surface area contributed by atoms with Gasteiger partial charge in [0.15, 0.2) is 0 Å². The number of halogens is 5. The quantitative estimate of drug-likeness (QED) is 0.417. The van der Waals surface area contributed by atoms with E-state index in [0.717, 1.165) is 0 Å². The van der Waals surface area contributed by atoms with Gasteiger partial charge in [-0.2, -0.15) is 13.5 Å². The van der Waals surface area contributed by atoms with E-state index in [-0.39, 0.29) is 13.5 Å². The molecule has 0 spiro atoms. The molecule has 0 saturated carbocycles. The van der Waals surface area contributed by atoms with Gasteiger partial charge in [-0.05, 0) is 0 Å².